The third-order valence-corrected chi connectivity index (χ3v) is 11.5. The average Bonchev–Trinajstić information content (AvgIpc) is 3.70. The third kappa shape index (κ3) is 6.84. The Morgan fingerprint density at radius 2 is 1.32 bits per heavy atom. The topological polar surface area (TPSA) is 37.9 Å². The van der Waals surface area contributed by atoms with Crippen molar-refractivity contribution < 1.29 is 4.42 Å². The molecule has 0 aliphatic heterocycles. The highest BCUT2D eigenvalue weighted by Gasteiger charge is 2.21. The molecule has 1 unspecified atom stereocenters. The first-order valence-corrected chi connectivity index (χ1v) is 20.1. The van der Waals surface area contributed by atoms with Gasteiger partial charge in [-0.2, -0.15) is 0 Å². The van der Waals surface area contributed by atoms with E-state index in [-0.39, 0.29) is 0 Å². The minimum absolute atomic E-state index is 0.439. The van der Waals surface area contributed by atoms with E-state index in [1.165, 1.54) is 16.7 Å². The van der Waals surface area contributed by atoms with E-state index in [0.717, 1.165) is 83.8 Å². The third-order valence-electron chi connectivity index (χ3n) is 11.5. The summed E-state index contributed by atoms with van der Waals surface area (Å²) in [5, 5.41) is 4.26. The van der Waals surface area contributed by atoms with E-state index in [2.05, 4.69) is 182 Å². The summed E-state index contributed by atoms with van der Waals surface area (Å²) in [5.41, 5.74) is 17.4. The van der Waals surface area contributed by atoms with Gasteiger partial charge in [0, 0.05) is 39.1 Å². The summed E-state index contributed by atoms with van der Waals surface area (Å²) in [6.07, 6.45) is 14.3. The van der Waals surface area contributed by atoms with Crippen molar-refractivity contribution in [1.29, 1.82) is 0 Å². The van der Waals surface area contributed by atoms with E-state index in [1.807, 2.05) is 31.2 Å². The van der Waals surface area contributed by atoms with Gasteiger partial charge in [0.2, 0.25) is 0 Å². The van der Waals surface area contributed by atoms with Gasteiger partial charge in [-0.05, 0) is 75.2 Å². The van der Waals surface area contributed by atoms with Crippen LogP contribution in [0.2, 0.25) is 0 Å². The molecule has 0 N–H and O–H groups in total. The first kappa shape index (κ1) is 35.8. The molecule has 0 saturated carbocycles. The number of nitrogens with zero attached hydrogens (tertiary/aromatic N) is 2. The molecule has 3 heteroatoms. The molecule has 1 aromatic heterocycles. The minimum atomic E-state index is 0.439. The smallest absolute Gasteiger partial charge is 0.160 e. The van der Waals surface area contributed by atoms with Gasteiger partial charge in [0.15, 0.2) is 5.84 Å². The number of amidine groups is 1. The zero-order valence-electron chi connectivity index (χ0n) is 32.8. The highest BCUT2D eigenvalue weighted by Crippen LogP contribution is 2.42. The monoisotopic (exact) mass is 756 g/mol. The van der Waals surface area contributed by atoms with Crippen molar-refractivity contribution in [2.24, 2.45) is 15.9 Å². The van der Waals surface area contributed by atoms with Crippen LogP contribution in [0.4, 0.5) is 0 Å². The molecule has 280 valence electrons. The predicted molar refractivity (Wildman–Crippen MR) is 249 cm³/mol. The number of hydrogen-bond acceptors (Lipinski definition) is 2. The maximum Gasteiger partial charge on any atom is 0.160 e. The molecular formula is C56H40N2O. The molecule has 0 spiro atoms. The molecule has 2 aliphatic rings. The Bertz CT molecular complexity index is 3160. The number of benzene rings is 7. The lowest BCUT2D eigenvalue weighted by atomic mass is 9.82. The molecular weight excluding hydrogens is 717 g/mol. The molecule has 8 aromatic rings. The van der Waals surface area contributed by atoms with Crippen molar-refractivity contribution in [1.82, 2.24) is 0 Å². The number of allylic oxidation sites excluding steroid dienone is 8. The Labute approximate surface area is 344 Å². The van der Waals surface area contributed by atoms with Crippen LogP contribution in [0.5, 0.6) is 0 Å². The molecule has 0 fully saturated rings. The molecule has 10 rings (SSSR count). The van der Waals surface area contributed by atoms with Crippen LogP contribution in [0.3, 0.4) is 0 Å². The van der Waals surface area contributed by atoms with Crippen LogP contribution < -0.4 is 0 Å². The Morgan fingerprint density at radius 3 is 2.14 bits per heavy atom. The van der Waals surface area contributed by atoms with E-state index in [1.54, 1.807) is 0 Å². The van der Waals surface area contributed by atoms with Gasteiger partial charge in [-0.25, -0.2) is 9.98 Å². The number of fused-ring (bicyclic) bond motifs is 6. The fourth-order valence-corrected chi connectivity index (χ4v) is 8.46. The highest BCUT2D eigenvalue weighted by molar-refractivity contribution is 6.23. The molecule has 3 nitrogen and oxygen atoms in total. The molecule has 7 aromatic carbocycles. The van der Waals surface area contributed by atoms with Crippen molar-refractivity contribution in [2.45, 2.75) is 13.3 Å². The second-order valence-electron chi connectivity index (χ2n) is 15.1. The van der Waals surface area contributed by atoms with Crippen molar-refractivity contribution >= 4 is 55.5 Å². The fraction of sp³-hybridized carbons (Fsp3) is 0.0536. The van der Waals surface area contributed by atoms with Gasteiger partial charge in [0.1, 0.15) is 16.9 Å². The first-order chi connectivity index (χ1) is 29.1. The molecule has 1 heterocycles. The number of hydrogen-bond donors (Lipinski definition) is 0. The van der Waals surface area contributed by atoms with Gasteiger partial charge >= 0.3 is 0 Å². The lowest BCUT2D eigenvalue weighted by Crippen LogP contribution is -2.06. The summed E-state index contributed by atoms with van der Waals surface area (Å²) >= 11 is 0. The summed E-state index contributed by atoms with van der Waals surface area (Å²) in [4.78, 5) is 10.5. The molecule has 0 radical (unpaired) electrons. The van der Waals surface area contributed by atoms with Crippen LogP contribution in [-0.2, 0) is 0 Å². The van der Waals surface area contributed by atoms with E-state index >= 15 is 0 Å². The predicted octanol–water partition coefficient (Wildman–Crippen LogP) is 14.6. The average molecular weight is 757 g/mol. The zero-order valence-corrected chi connectivity index (χ0v) is 32.8. The molecule has 59 heavy (non-hydrogen) atoms. The fourth-order valence-electron chi connectivity index (χ4n) is 8.46. The molecule has 0 bridgehead atoms. The lowest BCUT2D eigenvalue weighted by molar-refractivity contribution is 0.670. The second-order valence-corrected chi connectivity index (χ2v) is 15.1. The van der Waals surface area contributed by atoms with E-state index in [0.29, 0.717) is 17.5 Å². The zero-order chi connectivity index (χ0) is 39.7. The summed E-state index contributed by atoms with van der Waals surface area (Å²) in [7, 11) is 0. The highest BCUT2D eigenvalue weighted by atomic mass is 16.3. The van der Waals surface area contributed by atoms with Gasteiger partial charge in [-0.3, -0.25) is 0 Å². The van der Waals surface area contributed by atoms with Gasteiger partial charge in [0.05, 0.1) is 0 Å². The molecule has 2 aliphatic carbocycles. The van der Waals surface area contributed by atoms with Crippen LogP contribution in [0.25, 0.3) is 66.2 Å². The number of furan rings is 1. The van der Waals surface area contributed by atoms with Crippen molar-refractivity contribution in [2.75, 3.05) is 0 Å². The van der Waals surface area contributed by atoms with E-state index in [4.69, 9.17) is 14.4 Å². The van der Waals surface area contributed by atoms with Crippen molar-refractivity contribution in [3.8, 4) is 22.3 Å². The van der Waals surface area contributed by atoms with Crippen LogP contribution >= 0.6 is 0 Å². The van der Waals surface area contributed by atoms with Crippen LogP contribution in [0.15, 0.2) is 226 Å². The summed E-state index contributed by atoms with van der Waals surface area (Å²) in [5.74, 6) is 1.01. The van der Waals surface area contributed by atoms with Crippen molar-refractivity contribution in [3.05, 3.63) is 234 Å². The maximum atomic E-state index is 6.89. The number of aliphatic imine (C=N–C) groups is 2. The Hall–Kier alpha value is -7.58. The quantitative estimate of drug-likeness (QED) is 0.0906. The maximum absolute atomic E-state index is 6.89. The number of rotatable bonds is 7. The van der Waals surface area contributed by atoms with Gasteiger partial charge in [-0.1, -0.05) is 189 Å². The molecule has 0 amide bonds. The Morgan fingerprint density at radius 1 is 0.627 bits per heavy atom. The summed E-state index contributed by atoms with van der Waals surface area (Å²) in [6.45, 7) is 6.19. The van der Waals surface area contributed by atoms with E-state index in [9.17, 15) is 0 Å². The van der Waals surface area contributed by atoms with E-state index < -0.39 is 0 Å². The normalized spacial score (nSPS) is 15.2. The Kier molecular flexibility index (Phi) is 9.35. The molecule has 0 saturated heterocycles. The van der Waals surface area contributed by atoms with Crippen LogP contribution in [-0.4, -0.2) is 11.5 Å². The number of para-hydroxylation sites is 1. The SMILES string of the molecule is C=C=C(/N=C(\N=C(/C)c1ccccc1)c1cccc(-c2ccccc2)c1)c1cc2oc3c(-c4ccc(C5=CC=C6C=CC=CC6C5)cc4)cccc3c2c2ccccc12. The second kappa shape index (κ2) is 15.4. The summed E-state index contributed by atoms with van der Waals surface area (Å²) in [6, 6.07) is 54.9. The van der Waals surface area contributed by atoms with Crippen LogP contribution in [0.1, 0.15) is 35.6 Å². The first-order valence-electron chi connectivity index (χ1n) is 20.1. The Balaban J connectivity index is 1.09. The standard InChI is InChI=1S/C56H40N2O/c1-3-52(58-56(57-37(2)38-16-6-4-7-17-38)46-23-14-22-44(35-46)39-18-8-5-9-19-39)51-36-53-54(49-25-13-12-24-48(49)51)50-27-15-26-47(55(50)59-53)42-31-28-41(29-32-42)45-33-30-40-20-10-11-21-43(40)34-45/h4-33,35-36,43H,1,34H2,2H3/b57-37+,58-56-. The van der Waals surface area contributed by atoms with Gasteiger partial charge in [-0.15, -0.1) is 5.73 Å². The van der Waals surface area contributed by atoms with Crippen molar-refractivity contribution in [3.63, 3.8) is 0 Å². The van der Waals surface area contributed by atoms with Gasteiger partial charge in [0.25, 0.3) is 0 Å². The largest absolute Gasteiger partial charge is 0.455 e. The van der Waals surface area contributed by atoms with Crippen LogP contribution in [0, 0.1) is 5.92 Å². The summed E-state index contributed by atoms with van der Waals surface area (Å²) < 4.78 is 6.89. The molecule has 1 atom stereocenters. The van der Waals surface area contributed by atoms with Gasteiger partial charge < -0.3 is 4.42 Å². The lowest BCUT2D eigenvalue weighted by Gasteiger charge is -2.22. The minimum Gasteiger partial charge on any atom is -0.455 e.